The lowest BCUT2D eigenvalue weighted by Gasteiger charge is -2.33. The monoisotopic (exact) mass is 930 g/mol. The second-order valence-electron chi connectivity index (χ2n) is 20.2. The summed E-state index contributed by atoms with van der Waals surface area (Å²) in [7, 11) is 0. The standard InChI is InChI=1S/C70H62N2/c1-7-19-51(20-8-1)55-31-39-61(40-32-55)71(62-41-33-56(34-42-62)52-21-9-2-10-22-52)65-47-67(59-27-15-5-16-28-59)70-50-66(48-68(69(70)49-65)60-29-17-6-18-30-60)72(63-43-35-57(36-44-63)53-23-11-3-12-24-53)64-45-37-58(38-46-64)54-25-13-4-14-26-54/h1-4,7-14,19-26,31-50,59-60H,5-6,15-18,27-30H2. The molecule has 0 amide bonds. The molecule has 0 bridgehead atoms. The summed E-state index contributed by atoms with van der Waals surface area (Å²) in [5.74, 6) is 0.948. The Morgan fingerprint density at radius 3 is 0.708 bits per heavy atom. The number of hydrogen-bond acceptors (Lipinski definition) is 2. The van der Waals surface area contributed by atoms with Gasteiger partial charge in [-0.1, -0.05) is 208 Å². The molecule has 0 atom stereocenters. The molecule has 0 unspecified atom stereocenters. The molecule has 2 aliphatic carbocycles. The van der Waals surface area contributed by atoms with Gasteiger partial charge in [0.15, 0.2) is 0 Å². The molecule has 0 aliphatic heterocycles. The summed E-state index contributed by atoms with van der Waals surface area (Å²) in [5, 5.41) is 2.82. The van der Waals surface area contributed by atoms with Gasteiger partial charge in [0.25, 0.3) is 0 Å². The van der Waals surface area contributed by atoms with Crippen molar-refractivity contribution in [3.63, 3.8) is 0 Å². The molecule has 2 aliphatic rings. The Labute approximate surface area is 426 Å². The van der Waals surface area contributed by atoms with Crippen LogP contribution in [0.3, 0.4) is 0 Å². The van der Waals surface area contributed by atoms with Gasteiger partial charge >= 0.3 is 0 Å². The molecule has 2 nitrogen and oxygen atoms in total. The first-order valence-electron chi connectivity index (χ1n) is 26.5. The second kappa shape index (κ2) is 20.8. The maximum atomic E-state index is 2.59. The molecule has 2 fully saturated rings. The summed E-state index contributed by atoms with van der Waals surface area (Å²) in [6, 6.07) is 90.4. The highest BCUT2D eigenvalue weighted by Crippen LogP contribution is 2.49. The fourth-order valence-electron chi connectivity index (χ4n) is 11.9. The molecule has 352 valence electrons. The van der Waals surface area contributed by atoms with E-state index in [-0.39, 0.29) is 0 Å². The Bertz CT molecular complexity index is 2960. The van der Waals surface area contributed by atoms with Gasteiger partial charge in [-0.05, 0) is 177 Å². The van der Waals surface area contributed by atoms with Crippen LogP contribution < -0.4 is 9.80 Å². The summed E-state index contributed by atoms with van der Waals surface area (Å²) >= 11 is 0. The summed E-state index contributed by atoms with van der Waals surface area (Å²) < 4.78 is 0. The van der Waals surface area contributed by atoms with E-state index in [4.69, 9.17) is 0 Å². The van der Waals surface area contributed by atoms with Gasteiger partial charge in [0.1, 0.15) is 0 Å². The molecule has 2 heteroatoms. The van der Waals surface area contributed by atoms with Crippen LogP contribution in [0, 0.1) is 0 Å². The summed E-state index contributed by atoms with van der Waals surface area (Å²) in [5.41, 5.74) is 19.9. The van der Waals surface area contributed by atoms with Gasteiger partial charge in [-0.2, -0.15) is 0 Å². The summed E-state index contributed by atoms with van der Waals surface area (Å²) in [6.45, 7) is 0. The lowest BCUT2D eigenvalue weighted by molar-refractivity contribution is 0.444. The average Bonchev–Trinajstić information content (AvgIpc) is 3.47. The van der Waals surface area contributed by atoms with Crippen molar-refractivity contribution in [2.45, 2.75) is 76.0 Å². The number of benzene rings is 10. The first-order valence-corrected chi connectivity index (χ1v) is 26.5. The maximum Gasteiger partial charge on any atom is 0.0470 e. The molecule has 10 aromatic rings. The highest BCUT2D eigenvalue weighted by molar-refractivity contribution is 5.99. The molecule has 0 N–H and O–H groups in total. The van der Waals surface area contributed by atoms with Crippen LogP contribution in [0.25, 0.3) is 55.3 Å². The Hall–Kier alpha value is -7.94. The van der Waals surface area contributed by atoms with Crippen molar-refractivity contribution in [3.05, 3.63) is 254 Å². The van der Waals surface area contributed by atoms with Crippen molar-refractivity contribution >= 4 is 44.9 Å². The minimum absolute atomic E-state index is 0.474. The van der Waals surface area contributed by atoms with Crippen LogP contribution in [-0.4, -0.2) is 0 Å². The van der Waals surface area contributed by atoms with Crippen molar-refractivity contribution in [2.24, 2.45) is 0 Å². The predicted molar refractivity (Wildman–Crippen MR) is 307 cm³/mol. The maximum absolute atomic E-state index is 2.59. The van der Waals surface area contributed by atoms with Crippen LogP contribution in [0.15, 0.2) is 243 Å². The number of rotatable bonds is 12. The van der Waals surface area contributed by atoms with Gasteiger partial charge < -0.3 is 9.80 Å². The first kappa shape index (κ1) is 45.2. The van der Waals surface area contributed by atoms with Crippen molar-refractivity contribution in [2.75, 3.05) is 9.80 Å². The van der Waals surface area contributed by atoms with Crippen LogP contribution >= 0.6 is 0 Å². The van der Waals surface area contributed by atoms with Gasteiger partial charge in [-0.15, -0.1) is 0 Å². The third-order valence-corrected chi connectivity index (χ3v) is 15.6. The van der Waals surface area contributed by atoms with E-state index in [2.05, 4.69) is 252 Å². The number of nitrogens with zero attached hydrogens (tertiary/aromatic N) is 2. The minimum Gasteiger partial charge on any atom is -0.310 e. The third-order valence-electron chi connectivity index (χ3n) is 15.6. The fourth-order valence-corrected chi connectivity index (χ4v) is 11.9. The van der Waals surface area contributed by atoms with E-state index >= 15 is 0 Å². The normalized spacial score (nSPS) is 14.3. The highest BCUT2D eigenvalue weighted by Gasteiger charge is 2.27. The van der Waals surface area contributed by atoms with E-state index in [1.807, 2.05) is 0 Å². The lowest BCUT2D eigenvalue weighted by atomic mass is 9.78. The van der Waals surface area contributed by atoms with E-state index in [9.17, 15) is 0 Å². The van der Waals surface area contributed by atoms with E-state index in [1.54, 1.807) is 0 Å². The molecule has 0 saturated heterocycles. The number of anilines is 6. The minimum atomic E-state index is 0.474. The summed E-state index contributed by atoms with van der Waals surface area (Å²) in [6.07, 6.45) is 12.5. The van der Waals surface area contributed by atoms with E-state index in [1.165, 1.54) is 142 Å². The molecule has 0 spiro atoms. The Morgan fingerprint density at radius 1 is 0.222 bits per heavy atom. The molecule has 0 aromatic heterocycles. The Morgan fingerprint density at radius 2 is 0.458 bits per heavy atom. The fraction of sp³-hybridized carbons (Fsp3) is 0.171. The molecule has 0 radical (unpaired) electrons. The van der Waals surface area contributed by atoms with E-state index in [0.717, 1.165) is 22.7 Å². The topological polar surface area (TPSA) is 6.48 Å². The highest BCUT2D eigenvalue weighted by atomic mass is 15.1. The quantitative estimate of drug-likeness (QED) is 0.120. The van der Waals surface area contributed by atoms with E-state index in [0.29, 0.717) is 11.8 Å². The van der Waals surface area contributed by atoms with Gasteiger partial charge in [-0.3, -0.25) is 0 Å². The molecule has 12 rings (SSSR count). The lowest BCUT2D eigenvalue weighted by Crippen LogP contribution is -2.15. The predicted octanol–water partition coefficient (Wildman–Crippen LogP) is 20.5. The number of hydrogen-bond donors (Lipinski definition) is 0. The number of fused-ring (bicyclic) bond motifs is 1. The molecular weight excluding hydrogens is 869 g/mol. The Kier molecular flexibility index (Phi) is 13.1. The van der Waals surface area contributed by atoms with Gasteiger partial charge in [-0.25, -0.2) is 0 Å². The van der Waals surface area contributed by atoms with Crippen molar-refractivity contribution < 1.29 is 0 Å². The van der Waals surface area contributed by atoms with Crippen LogP contribution in [-0.2, 0) is 0 Å². The van der Waals surface area contributed by atoms with Crippen LogP contribution in [0.5, 0.6) is 0 Å². The molecule has 0 heterocycles. The Balaban J connectivity index is 1.06. The third kappa shape index (κ3) is 9.50. The van der Waals surface area contributed by atoms with Gasteiger partial charge in [0.05, 0.1) is 0 Å². The van der Waals surface area contributed by atoms with Crippen LogP contribution in [0.2, 0.25) is 0 Å². The van der Waals surface area contributed by atoms with Crippen LogP contribution in [0.1, 0.15) is 87.2 Å². The summed E-state index contributed by atoms with van der Waals surface area (Å²) in [4.78, 5) is 5.06. The molecule has 10 aromatic carbocycles. The molecular formula is C70H62N2. The first-order chi connectivity index (χ1) is 35.7. The zero-order chi connectivity index (χ0) is 48.1. The van der Waals surface area contributed by atoms with E-state index < -0.39 is 0 Å². The van der Waals surface area contributed by atoms with Crippen molar-refractivity contribution in [1.82, 2.24) is 0 Å². The van der Waals surface area contributed by atoms with Crippen molar-refractivity contribution in [1.29, 1.82) is 0 Å². The van der Waals surface area contributed by atoms with Crippen LogP contribution in [0.4, 0.5) is 34.1 Å². The largest absolute Gasteiger partial charge is 0.310 e. The SMILES string of the molecule is c1ccc(-c2ccc(N(c3ccc(-c4ccccc4)cc3)c3cc(C4CCCCC4)c4cc(N(c5ccc(-c6ccccc6)cc5)c5ccc(-c6ccccc6)cc5)cc(C5CCCCC5)c4c3)cc2)cc1. The zero-order valence-corrected chi connectivity index (χ0v) is 41.2. The van der Waals surface area contributed by atoms with Crippen molar-refractivity contribution in [3.8, 4) is 44.5 Å². The zero-order valence-electron chi connectivity index (χ0n) is 41.2. The smallest absolute Gasteiger partial charge is 0.0470 e. The molecule has 72 heavy (non-hydrogen) atoms. The van der Waals surface area contributed by atoms with Gasteiger partial charge in [0, 0.05) is 34.1 Å². The second-order valence-corrected chi connectivity index (χ2v) is 20.2. The molecule has 2 saturated carbocycles. The average molecular weight is 931 g/mol. The van der Waals surface area contributed by atoms with Gasteiger partial charge in [0.2, 0.25) is 0 Å².